The summed E-state index contributed by atoms with van der Waals surface area (Å²) in [5.74, 6) is 1.20. The maximum absolute atomic E-state index is 11.8. The van der Waals surface area contributed by atoms with Gasteiger partial charge in [-0.05, 0) is 18.4 Å². The average Bonchev–Trinajstić information content (AvgIpc) is 2.54. The van der Waals surface area contributed by atoms with E-state index < -0.39 is 0 Å². The lowest BCUT2D eigenvalue weighted by Gasteiger charge is -2.30. The Balaban J connectivity index is 1.68. The molecule has 0 amide bonds. The van der Waals surface area contributed by atoms with Gasteiger partial charge in [0, 0.05) is 31.5 Å². The molecule has 1 aliphatic heterocycles. The first-order valence-corrected chi connectivity index (χ1v) is 6.13. The number of rotatable bonds is 2. The van der Waals surface area contributed by atoms with E-state index in [0.717, 1.165) is 32.5 Å². The van der Waals surface area contributed by atoms with Crippen LogP contribution in [0.5, 0.6) is 0 Å². The maximum Gasteiger partial charge on any atom is 0.141 e. The Kier molecular flexibility index (Phi) is 2.52. The van der Waals surface area contributed by atoms with E-state index in [2.05, 4.69) is 29.2 Å². The van der Waals surface area contributed by atoms with E-state index in [4.69, 9.17) is 0 Å². The number of carbonyl (C=O) groups excluding carboxylic acids is 1. The molecule has 2 fully saturated rings. The number of fused-ring (bicyclic) bond motifs is 2. The Morgan fingerprint density at radius 3 is 2.31 bits per heavy atom. The van der Waals surface area contributed by atoms with Crippen LogP contribution >= 0.6 is 0 Å². The molecule has 1 aromatic carbocycles. The van der Waals surface area contributed by atoms with Gasteiger partial charge in [0.15, 0.2) is 0 Å². The molecule has 0 N–H and O–H groups in total. The molecule has 2 heteroatoms. The monoisotopic (exact) mass is 215 g/mol. The molecule has 16 heavy (non-hydrogen) atoms. The lowest BCUT2D eigenvalue weighted by Crippen LogP contribution is -2.41. The van der Waals surface area contributed by atoms with E-state index >= 15 is 0 Å². The Hall–Kier alpha value is -1.15. The molecular weight excluding hydrogens is 198 g/mol. The van der Waals surface area contributed by atoms with Crippen LogP contribution in [0.25, 0.3) is 0 Å². The minimum absolute atomic E-state index is 0.336. The van der Waals surface area contributed by atoms with Crippen molar-refractivity contribution >= 4 is 5.78 Å². The SMILES string of the molecule is O=C1[C@@H]2CC[C@@H]1CN(Cc1ccccc1)C2. The second-order valence-electron chi connectivity index (χ2n) is 5.05. The van der Waals surface area contributed by atoms with Gasteiger partial charge in [0.25, 0.3) is 0 Å². The molecular formula is C14H17NO. The molecule has 0 aromatic heterocycles. The average molecular weight is 215 g/mol. The van der Waals surface area contributed by atoms with Crippen molar-refractivity contribution in [1.82, 2.24) is 4.90 Å². The van der Waals surface area contributed by atoms with Gasteiger partial charge in [0.2, 0.25) is 0 Å². The number of piperidine rings is 1. The third-order valence-corrected chi connectivity index (χ3v) is 3.87. The van der Waals surface area contributed by atoms with E-state index in [1.165, 1.54) is 5.56 Å². The summed E-state index contributed by atoms with van der Waals surface area (Å²) in [6.07, 6.45) is 2.24. The molecule has 2 atom stereocenters. The normalized spacial score (nSPS) is 29.6. The second kappa shape index (κ2) is 4.02. The zero-order valence-electron chi connectivity index (χ0n) is 9.43. The fourth-order valence-electron chi connectivity index (χ4n) is 3.05. The van der Waals surface area contributed by atoms with Crippen LogP contribution in [0, 0.1) is 11.8 Å². The van der Waals surface area contributed by atoms with Crippen molar-refractivity contribution in [3.63, 3.8) is 0 Å². The van der Waals surface area contributed by atoms with E-state index in [-0.39, 0.29) is 0 Å². The van der Waals surface area contributed by atoms with Crippen LogP contribution in [0.3, 0.4) is 0 Å². The molecule has 84 valence electrons. The van der Waals surface area contributed by atoms with E-state index in [9.17, 15) is 4.79 Å². The van der Waals surface area contributed by atoms with Crippen LogP contribution in [0.2, 0.25) is 0 Å². The van der Waals surface area contributed by atoms with Crippen LogP contribution in [-0.4, -0.2) is 23.8 Å². The summed E-state index contributed by atoms with van der Waals surface area (Å²) >= 11 is 0. The molecule has 1 saturated carbocycles. The topological polar surface area (TPSA) is 20.3 Å². The van der Waals surface area contributed by atoms with Crippen LogP contribution in [0.4, 0.5) is 0 Å². The zero-order valence-corrected chi connectivity index (χ0v) is 9.43. The van der Waals surface area contributed by atoms with Crippen LogP contribution in [0.1, 0.15) is 18.4 Å². The smallest absolute Gasteiger partial charge is 0.141 e. The summed E-state index contributed by atoms with van der Waals surface area (Å²) in [5, 5.41) is 0. The van der Waals surface area contributed by atoms with Crippen molar-refractivity contribution in [3.8, 4) is 0 Å². The van der Waals surface area contributed by atoms with Crippen molar-refractivity contribution in [2.75, 3.05) is 13.1 Å². The summed E-state index contributed by atoms with van der Waals surface area (Å²) in [6.45, 7) is 2.95. The predicted molar refractivity (Wildman–Crippen MR) is 62.9 cm³/mol. The Bertz CT molecular complexity index is 371. The number of hydrogen-bond donors (Lipinski definition) is 0. The van der Waals surface area contributed by atoms with Gasteiger partial charge in [-0.15, -0.1) is 0 Å². The van der Waals surface area contributed by atoms with E-state index in [0.29, 0.717) is 17.6 Å². The highest BCUT2D eigenvalue weighted by atomic mass is 16.1. The van der Waals surface area contributed by atoms with Gasteiger partial charge in [0.1, 0.15) is 5.78 Å². The summed E-state index contributed by atoms with van der Waals surface area (Å²) in [7, 11) is 0. The maximum atomic E-state index is 11.8. The van der Waals surface area contributed by atoms with Crippen molar-refractivity contribution in [2.24, 2.45) is 11.8 Å². The van der Waals surface area contributed by atoms with Crippen LogP contribution < -0.4 is 0 Å². The Labute approximate surface area is 96.3 Å². The number of ketones is 1. The van der Waals surface area contributed by atoms with E-state index in [1.807, 2.05) is 6.07 Å². The quantitative estimate of drug-likeness (QED) is 0.753. The van der Waals surface area contributed by atoms with Crippen molar-refractivity contribution in [1.29, 1.82) is 0 Å². The molecule has 1 aliphatic carbocycles. The standard InChI is InChI=1S/C14H17NO/c16-14-12-6-7-13(14)10-15(9-12)8-11-4-2-1-3-5-11/h1-5,12-13H,6-10H2/t12-,13-/m1/s1. The molecule has 1 aromatic rings. The number of hydrogen-bond acceptors (Lipinski definition) is 2. The van der Waals surface area contributed by atoms with Crippen molar-refractivity contribution < 1.29 is 4.79 Å². The molecule has 0 radical (unpaired) electrons. The van der Waals surface area contributed by atoms with Gasteiger partial charge < -0.3 is 0 Å². The molecule has 3 rings (SSSR count). The number of nitrogens with zero attached hydrogens (tertiary/aromatic N) is 1. The number of likely N-dealkylation sites (tertiary alicyclic amines) is 1. The minimum Gasteiger partial charge on any atom is -0.299 e. The summed E-state index contributed by atoms with van der Waals surface area (Å²) < 4.78 is 0. The Morgan fingerprint density at radius 2 is 1.69 bits per heavy atom. The lowest BCUT2D eigenvalue weighted by molar-refractivity contribution is -0.127. The van der Waals surface area contributed by atoms with Crippen LogP contribution in [-0.2, 0) is 11.3 Å². The van der Waals surface area contributed by atoms with Gasteiger partial charge in [-0.2, -0.15) is 0 Å². The summed E-state index contributed by atoms with van der Waals surface area (Å²) in [6, 6.07) is 10.5. The molecule has 0 spiro atoms. The first-order valence-electron chi connectivity index (χ1n) is 6.13. The second-order valence-corrected chi connectivity index (χ2v) is 5.05. The number of benzene rings is 1. The lowest BCUT2D eigenvalue weighted by atomic mass is 9.96. The number of carbonyl (C=O) groups is 1. The number of Topliss-reactive ketones (excluding diaryl/α,β-unsaturated/α-hetero) is 1. The molecule has 1 heterocycles. The summed E-state index contributed by atoms with van der Waals surface area (Å²) in [4.78, 5) is 14.2. The van der Waals surface area contributed by atoms with Crippen molar-refractivity contribution in [3.05, 3.63) is 35.9 Å². The highest BCUT2D eigenvalue weighted by molar-refractivity contribution is 5.86. The largest absolute Gasteiger partial charge is 0.299 e. The third-order valence-electron chi connectivity index (χ3n) is 3.87. The van der Waals surface area contributed by atoms with E-state index in [1.54, 1.807) is 0 Å². The van der Waals surface area contributed by atoms with Gasteiger partial charge >= 0.3 is 0 Å². The summed E-state index contributed by atoms with van der Waals surface area (Å²) in [5.41, 5.74) is 1.36. The molecule has 2 aliphatic rings. The third kappa shape index (κ3) is 1.78. The zero-order chi connectivity index (χ0) is 11.0. The molecule has 0 unspecified atom stereocenters. The van der Waals surface area contributed by atoms with Gasteiger partial charge in [-0.3, -0.25) is 9.69 Å². The van der Waals surface area contributed by atoms with Gasteiger partial charge in [0.05, 0.1) is 0 Å². The first-order chi connectivity index (χ1) is 7.83. The fourth-order valence-corrected chi connectivity index (χ4v) is 3.05. The molecule has 2 nitrogen and oxygen atoms in total. The minimum atomic E-state index is 0.336. The van der Waals surface area contributed by atoms with Gasteiger partial charge in [-0.1, -0.05) is 30.3 Å². The first kappa shape index (κ1) is 10.0. The van der Waals surface area contributed by atoms with Crippen molar-refractivity contribution in [2.45, 2.75) is 19.4 Å². The highest BCUT2D eigenvalue weighted by Gasteiger charge is 2.40. The fraction of sp³-hybridized carbons (Fsp3) is 0.500. The van der Waals surface area contributed by atoms with Crippen LogP contribution in [0.15, 0.2) is 30.3 Å². The Morgan fingerprint density at radius 1 is 1.06 bits per heavy atom. The predicted octanol–water partition coefficient (Wildman–Crippen LogP) is 2.10. The highest BCUT2D eigenvalue weighted by Crippen LogP contribution is 2.33. The molecule has 1 saturated heterocycles. The van der Waals surface area contributed by atoms with Gasteiger partial charge in [-0.25, -0.2) is 0 Å². The molecule has 2 bridgehead atoms.